The topological polar surface area (TPSA) is 85.2 Å². The van der Waals surface area contributed by atoms with Crippen LogP contribution in [-0.2, 0) is 19.1 Å². The summed E-state index contributed by atoms with van der Waals surface area (Å²) >= 11 is 3.12. The first-order valence-electron chi connectivity index (χ1n) is 8.36. The molecule has 0 unspecified atom stereocenters. The molecule has 0 saturated heterocycles. The van der Waals surface area contributed by atoms with Crippen molar-refractivity contribution in [2.24, 2.45) is 22.2 Å². The summed E-state index contributed by atoms with van der Waals surface area (Å²) in [6.07, 6.45) is 1.74. The van der Waals surface area contributed by atoms with Crippen molar-refractivity contribution in [3.8, 4) is 0 Å². The third-order valence-electron chi connectivity index (χ3n) is 6.25. The second kappa shape index (κ2) is 5.53. The van der Waals surface area contributed by atoms with Crippen LogP contribution in [0.3, 0.4) is 0 Å². The molecule has 4 rings (SSSR count). The number of carbonyl (C=O) groups excluding carboxylic acids is 2. The van der Waals surface area contributed by atoms with Gasteiger partial charge in [0.25, 0.3) is 0 Å². The molecule has 3 saturated carbocycles. The Morgan fingerprint density at radius 2 is 2.17 bits per heavy atom. The lowest BCUT2D eigenvalue weighted by molar-refractivity contribution is -0.197. The molecule has 6 nitrogen and oxygen atoms in total. The summed E-state index contributed by atoms with van der Waals surface area (Å²) in [6.45, 7) is 8.05. The standard InChI is InChI=1S/C17H24BrNO5/c1-5-23-14(21)17(22,8-18)12-13(20)24-16(4)10-6-9(15(10,2)3)7-11(16)19-12/h9-10,12,22H,5-8H2,1-4H3/t9-,10-,12+,16-,17-/m0/s1. The fourth-order valence-electron chi connectivity index (χ4n) is 4.52. The minimum absolute atomic E-state index is 0.105. The first-order valence-corrected chi connectivity index (χ1v) is 9.49. The number of esters is 2. The van der Waals surface area contributed by atoms with E-state index in [1.165, 1.54) is 0 Å². The Balaban J connectivity index is 1.97. The predicted octanol–water partition coefficient (Wildman–Crippen LogP) is 1.87. The summed E-state index contributed by atoms with van der Waals surface area (Å²) in [4.78, 5) is 29.3. The van der Waals surface area contributed by atoms with Gasteiger partial charge in [-0.15, -0.1) is 0 Å². The van der Waals surface area contributed by atoms with Crippen molar-refractivity contribution in [2.75, 3.05) is 11.9 Å². The number of hydrogen-bond acceptors (Lipinski definition) is 6. The molecule has 1 aliphatic heterocycles. The second-order valence-corrected chi connectivity index (χ2v) is 8.36. The number of alkyl halides is 1. The highest BCUT2D eigenvalue weighted by atomic mass is 79.9. The lowest BCUT2D eigenvalue weighted by Crippen LogP contribution is -2.70. The number of aliphatic imine (C=N–C) groups is 1. The van der Waals surface area contributed by atoms with Gasteiger partial charge in [0, 0.05) is 11.2 Å². The number of carbonyl (C=O) groups is 2. The number of rotatable bonds is 4. The molecular weight excluding hydrogens is 378 g/mol. The monoisotopic (exact) mass is 401 g/mol. The van der Waals surface area contributed by atoms with Crippen LogP contribution >= 0.6 is 15.9 Å². The van der Waals surface area contributed by atoms with Gasteiger partial charge in [0.1, 0.15) is 0 Å². The number of aliphatic hydroxyl groups is 1. The Morgan fingerprint density at radius 3 is 2.71 bits per heavy atom. The zero-order valence-electron chi connectivity index (χ0n) is 14.5. The Morgan fingerprint density at radius 1 is 1.50 bits per heavy atom. The Labute approximate surface area is 150 Å². The van der Waals surface area contributed by atoms with Gasteiger partial charge in [0.05, 0.1) is 12.3 Å². The summed E-state index contributed by atoms with van der Waals surface area (Å²) < 4.78 is 10.7. The fourth-order valence-corrected chi connectivity index (χ4v) is 5.05. The van der Waals surface area contributed by atoms with Gasteiger partial charge < -0.3 is 14.6 Å². The Hall–Kier alpha value is -0.950. The predicted molar refractivity (Wildman–Crippen MR) is 91.1 cm³/mol. The molecule has 5 atom stereocenters. The summed E-state index contributed by atoms with van der Waals surface area (Å²) in [7, 11) is 0. The second-order valence-electron chi connectivity index (χ2n) is 7.80. The normalized spacial score (nSPS) is 38.8. The maximum absolute atomic E-state index is 12.6. The summed E-state index contributed by atoms with van der Waals surface area (Å²) in [6, 6.07) is -1.29. The fraction of sp³-hybridized carbons (Fsp3) is 0.824. The molecule has 0 radical (unpaired) electrons. The first kappa shape index (κ1) is 17.9. The van der Waals surface area contributed by atoms with Crippen molar-refractivity contribution in [3.05, 3.63) is 0 Å². The molecule has 3 aliphatic carbocycles. The third-order valence-corrected chi connectivity index (χ3v) is 7.11. The average molecular weight is 402 g/mol. The Kier molecular flexibility index (Phi) is 4.11. The third kappa shape index (κ3) is 2.20. The van der Waals surface area contributed by atoms with E-state index in [0.29, 0.717) is 5.92 Å². The van der Waals surface area contributed by atoms with E-state index in [9.17, 15) is 14.7 Å². The van der Waals surface area contributed by atoms with E-state index >= 15 is 0 Å². The number of nitrogens with zero attached hydrogens (tertiary/aromatic N) is 1. The minimum Gasteiger partial charge on any atom is -0.464 e. The number of ether oxygens (including phenoxy) is 2. The van der Waals surface area contributed by atoms with Crippen LogP contribution in [0.2, 0.25) is 0 Å². The molecule has 0 aromatic carbocycles. The lowest BCUT2D eigenvalue weighted by atomic mass is 9.43. The van der Waals surface area contributed by atoms with Crippen molar-refractivity contribution in [2.45, 2.75) is 57.8 Å². The Bertz CT molecular complexity index is 618. The highest BCUT2D eigenvalue weighted by Gasteiger charge is 2.67. The highest BCUT2D eigenvalue weighted by Crippen LogP contribution is 2.63. The summed E-state index contributed by atoms with van der Waals surface area (Å²) in [5.41, 5.74) is -1.92. The molecule has 0 aromatic heterocycles. The summed E-state index contributed by atoms with van der Waals surface area (Å²) in [5.74, 6) is -0.825. The largest absolute Gasteiger partial charge is 0.464 e. The van der Waals surface area contributed by atoms with Gasteiger partial charge in [0.2, 0.25) is 5.60 Å². The van der Waals surface area contributed by atoms with Crippen LogP contribution in [0.25, 0.3) is 0 Å². The highest BCUT2D eigenvalue weighted by molar-refractivity contribution is 9.09. The molecule has 3 fully saturated rings. The molecule has 2 bridgehead atoms. The van der Waals surface area contributed by atoms with E-state index in [-0.39, 0.29) is 23.3 Å². The zero-order chi connectivity index (χ0) is 17.9. The van der Waals surface area contributed by atoms with Crippen molar-refractivity contribution < 1.29 is 24.2 Å². The molecule has 0 amide bonds. The van der Waals surface area contributed by atoms with E-state index < -0.39 is 29.2 Å². The maximum atomic E-state index is 12.6. The summed E-state index contributed by atoms with van der Waals surface area (Å²) in [5, 5.41) is 10.6. The van der Waals surface area contributed by atoms with Gasteiger partial charge in [0.15, 0.2) is 11.6 Å². The van der Waals surface area contributed by atoms with E-state index in [0.717, 1.165) is 18.6 Å². The lowest BCUT2D eigenvalue weighted by Gasteiger charge is -2.64. The van der Waals surface area contributed by atoms with Gasteiger partial charge >= 0.3 is 11.9 Å². The SMILES string of the molecule is CCOC(=O)[C@](O)(CBr)[C@@H]1N=C2C[C@@H]3C[C@@H](C3(C)C)[C@]2(C)OC1=O. The quantitative estimate of drug-likeness (QED) is 0.573. The van der Waals surface area contributed by atoms with Gasteiger partial charge in [-0.1, -0.05) is 29.8 Å². The van der Waals surface area contributed by atoms with Gasteiger partial charge in [-0.2, -0.15) is 0 Å². The van der Waals surface area contributed by atoms with Crippen molar-refractivity contribution in [1.29, 1.82) is 0 Å². The first-order chi connectivity index (χ1) is 11.1. The molecule has 7 heteroatoms. The van der Waals surface area contributed by atoms with Crippen LogP contribution in [0.15, 0.2) is 4.99 Å². The average Bonchev–Trinajstić information content (AvgIpc) is 2.51. The molecule has 0 spiro atoms. The van der Waals surface area contributed by atoms with Gasteiger partial charge in [-0.3, -0.25) is 4.99 Å². The van der Waals surface area contributed by atoms with E-state index in [1.807, 2.05) is 6.92 Å². The molecule has 134 valence electrons. The molecule has 1 N–H and O–H groups in total. The maximum Gasteiger partial charge on any atom is 0.341 e. The van der Waals surface area contributed by atoms with Crippen LogP contribution in [0.1, 0.15) is 40.5 Å². The van der Waals surface area contributed by atoms with Crippen LogP contribution < -0.4 is 0 Å². The van der Waals surface area contributed by atoms with Crippen LogP contribution in [0, 0.1) is 17.3 Å². The molecular formula is C17H24BrNO5. The number of halogens is 1. The van der Waals surface area contributed by atoms with Gasteiger partial charge in [-0.05, 0) is 38.0 Å². The molecule has 4 aliphatic rings. The van der Waals surface area contributed by atoms with Crippen LogP contribution in [0.4, 0.5) is 0 Å². The zero-order valence-corrected chi connectivity index (χ0v) is 16.1. The molecule has 24 heavy (non-hydrogen) atoms. The van der Waals surface area contributed by atoms with E-state index in [4.69, 9.17) is 9.47 Å². The smallest absolute Gasteiger partial charge is 0.341 e. The minimum atomic E-state index is -2.06. The van der Waals surface area contributed by atoms with Crippen molar-refractivity contribution in [1.82, 2.24) is 0 Å². The molecule has 0 aromatic rings. The van der Waals surface area contributed by atoms with E-state index in [2.05, 4.69) is 34.8 Å². The van der Waals surface area contributed by atoms with Crippen molar-refractivity contribution in [3.63, 3.8) is 0 Å². The van der Waals surface area contributed by atoms with E-state index in [1.54, 1.807) is 6.92 Å². The van der Waals surface area contributed by atoms with Gasteiger partial charge in [-0.25, -0.2) is 9.59 Å². The van der Waals surface area contributed by atoms with Crippen LogP contribution in [-0.4, -0.2) is 51.9 Å². The van der Waals surface area contributed by atoms with Crippen LogP contribution in [0.5, 0.6) is 0 Å². The van der Waals surface area contributed by atoms with Crippen molar-refractivity contribution >= 4 is 33.6 Å². The molecule has 1 heterocycles. The number of hydrogen-bond donors (Lipinski definition) is 1.